The number of methoxy groups -OCH3 is 1. The lowest BCUT2D eigenvalue weighted by molar-refractivity contribution is -0.134. The third kappa shape index (κ3) is 7.64. The summed E-state index contributed by atoms with van der Waals surface area (Å²) in [6.45, 7) is 1.80. The summed E-state index contributed by atoms with van der Waals surface area (Å²) in [4.78, 5) is 9.00. The van der Waals surface area contributed by atoms with Gasteiger partial charge in [0.15, 0.2) is 0 Å². The highest BCUT2D eigenvalue weighted by molar-refractivity contribution is 5.62. The molecule has 1 rings (SSSR count). The number of aliphatic carboxylic acids is 1. The first-order chi connectivity index (χ1) is 7.60. The Morgan fingerprint density at radius 2 is 1.88 bits per heavy atom. The van der Waals surface area contributed by atoms with Crippen molar-refractivity contribution >= 4 is 11.7 Å². The van der Waals surface area contributed by atoms with Gasteiger partial charge in [-0.2, -0.15) is 0 Å². The van der Waals surface area contributed by atoms with Crippen LogP contribution in [0.2, 0.25) is 0 Å². The van der Waals surface area contributed by atoms with E-state index in [2.05, 4.69) is 5.32 Å². The Morgan fingerprint density at radius 3 is 2.25 bits per heavy atom. The minimum absolute atomic E-state index is 0.145. The van der Waals surface area contributed by atoms with Gasteiger partial charge in [0, 0.05) is 19.2 Å². The van der Waals surface area contributed by atoms with Crippen molar-refractivity contribution in [2.24, 2.45) is 0 Å². The Balaban J connectivity index is 0.000000487. The number of benzene rings is 1. The van der Waals surface area contributed by atoms with Gasteiger partial charge in [-0.1, -0.05) is 0 Å². The topological polar surface area (TPSA) is 78.8 Å². The molecule has 0 saturated heterocycles. The normalized spacial score (nSPS) is 8.69. The molecule has 3 N–H and O–H groups in total. The Morgan fingerprint density at radius 1 is 1.38 bits per heavy atom. The summed E-state index contributed by atoms with van der Waals surface area (Å²) < 4.78 is 5.00. The minimum Gasteiger partial charge on any atom is -0.497 e. The summed E-state index contributed by atoms with van der Waals surface area (Å²) in [5.41, 5.74) is 0.991. The van der Waals surface area contributed by atoms with Crippen LogP contribution in [0.1, 0.15) is 6.92 Å². The van der Waals surface area contributed by atoms with Crippen LogP contribution in [0.3, 0.4) is 0 Å². The van der Waals surface area contributed by atoms with Gasteiger partial charge in [0.25, 0.3) is 5.97 Å². The Labute approximate surface area is 94.7 Å². The van der Waals surface area contributed by atoms with E-state index in [0.717, 1.165) is 18.4 Å². The zero-order chi connectivity index (χ0) is 12.4. The Kier molecular flexibility index (Phi) is 7.61. The largest absolute Gasteiger partial charge is 0.497 e. The lowest BCUT2D eigenvalue weighted by Gasteiger charge is -2.04. The van der Waals surface area contributed by atoms with E-state index in [4.69, 9.17) is 19.7 Å². The fraction of sp³-hybridized carbons (Fsp3) is 0.364. The zero-order valence-corrected chi connectivity index (χ0v) is 9.43. The highest BCUT2D eigenvalue weighted by Crippen LogP contribution is 2.14. The lowest BCUT2D eigenvalue weighted by atomic mass is 10.3. The second kappa shape index (κ2) is 8.55. The average molecular weight is 227 g/mol. The number of carbonyl (C=O) groups is 1. The quantitative estimate of drug-likeness (QED) is 0.720. The molecule has 0 radical (unpaired) electrons. The number of carboxylic acids is 1. The predicted molar refractivity (Wildman–Crippen MR) is 61.9 cm³/mol. The monoisotopic (exact) mass is 227 g/mol. The first-order valence-corrected chi connectivity index (χ1v) is 4.78. The van der Waals surface area contributed by atoms with E-state index in [1.165, 1.54) is 0 Å². The van der Waals surface area contributed by atoms with Crippen LogP contribution in [0.4, 0.5) is 5.69 Å². The Bertz CT molecular complexity index is 293. The molecule has 0 amide bonds. The Hall–Kier alpha value is -1.75. The maximum atomic E-state index is 9.00. The van der Waals surface area contributed by atoms with Crippen LogP contribution in [-0.2, 0) is 4.79 Å². The molecular formula is C11H17NO4. The van der Waals surface area contributed by atoms with E-state index >= 15 is 0 Å². The van der Waals surface area contributed by atoms with Gasteiger partial charge in [-0.3, -0.25) is 4.79 Å². The summed E-state index contributed by atoms with van der Waals surface area (Å²) in [6, 6.07) is 7.57. The van der Waals surface area contributed by atoms with Gasteiger partial charge in [-0.05, 0) is 24.3 Å². The number of nitrogens with one attached hydrogen (secondary N) is 1. The van der Waals surface area contributed by atoms with Crippen LogP contribution >= 0.6 is 0 Å². The molecule has 1 aromatic carbocycles. The van der Waals surface area contributed by atoms with E-state index in [-0.39, 0.29) is 6.61 Å². The number of hydrogen-bond donors (Lipinski definition) is 3. The molecule has 5 nitrogen and oxygen atoms in total. The maximum absolute atomic E-state index is 9.00. The summed E-state index contributed by atoms with van der Waals surface area (Å²) in [5.74, 6) is 0.00421. The standard InChI is InChI=1S/C9H13NO2.C2H4O2/c1-12-9-4-2-8(3-5-9)10-6-7-11;1-2(3)4/h2-5,10-11H,6-7H2,1H3;1H3,(H,3,4). The molecule has 1 aromatic rings. The molecule has 0 unspecified atom stereocenters. The average Bonchev–Trinajstić information content (AvgIpc) is 2.26. The first kappa shape index (κ1) is 14.2. The molecule has 0 aliphatic carbocycles. The van der Waals surface area contributed by atoms with Gasteiger partial charge in [0.05, 0.1) is 13.7 Å². The first-order valence-electron chi connectivity index (χ1n) is 4.78. The summed E-state index contributed by atoms with van der Waals surface area (Å²) >= 11 is 0. The molecule has 16 heavy (non-hydrogen) atoms. The second-order valence-electron chi connectivity index (χ2n) is 2.90. The van der Waals surface area contributed by atoms with E-state index in [1.807, 2.05) is 24.3 Å². The number of carboxylic acid groups (broad SMARTS) is 1. The van der Waals surface area contributed by atoms with E-state index in [9.17, 15) is 0 Å². The SMILES string of the molecule is CC(=O)O.COc1ccc(NCCO)cc1. The van der Waals surface area contributed by atoms with Crippen LogP contribution in [0.25, 0.3) is 0 Å². The zero-order valence-electron chi connectivity index (χ0n) is 9.43. The molecule has 0 saturated carbocycles. The van der Waals surface area contributed by atoms with Crippen LogP contribution in [-0.4, -0.2) is 36.4 Å². The number of anilines is 1. The van der Waals surface area contributed by atoms with Gasteiger partial charge in [0.1, 0.15) is 5.75 Å². The van der Waals surface area contributed by atoms with Crippen LogP contribution < -0.4 is 10.1 Å². The molecule has 0 fully saturated rings. The number of aliphatic hydroxyl groups excluding tert-OH is 1. The van der Waals surface area contributed by atoms with Crippen molar-refractivity contribution in [3.8, 4) is 5.75 Å². The van der Waals surface area contributed by atoms with Crippen molar-refractivity contribution in [1.82, 2.24) is 0 Å². The minimum atomic E-state index is -0.833. The predicted octanol–water partition coefficient (Wildman–Crippen LogP) is 1.19. The van der Waals surface area contributed by atoms with Gasteiger partial charge in [-0.25, -0.2) is 0 Å². The summed E-state index contributed by atoms with van der Waals surface area (Å²) in [7, 11) is 1.64. The van der Waals surface area contributed by atoms with Crippen molar-refractivity contribution < 1.29 is 19.7 Å². The summed E-state index contributed by atoms with van der Waals surface area (Å²) in [5, 5.41) is 19.0. The van der Waals surface area contributed by atoms with E-state index in [0.29, 0.717) is 6.54 Å². The summed E-state index contributed by atoms with van der Waals surface area (Å²) in [6.07, 6.45) is 0. The van der Waals surface area contributed by atoms with Crippen molar-refractivity contribution in [2.75, 3.05) is 25.6 Å². The molecule has 0 aliphatic rings. The van der Waals surface area contributed by atoms with Gasteiger partial charge < -0.3 is 20.3 Å². The fourth-order valence-corrected chi connectivity index (χ4v) is 0.909. The lowest BCUT2D eigenvalue weighted by Crippen LogP contribution is -2.04. The van der Waals surface area contributed by atoms with Crippen molar-refractivity contribution in [3.05, 3.63) is 24.3 Å². The van der Waals surface area contributed by atoms with Crippen molar-refractivity contribution in [2.45, 2.75) is 6.92 Å². The number of aliphatic hydroxyl groups is 1. The van der Waals surface area contributed by atoms with Gasteiger partial charge in [-0.15, -0.1) is 0 Å². The molecule has 0 heterocycles. The van der Waals surface area contributed by atoms with Crippen LogP contribution in [0.15, 0.2) is 24.3 Å². The maximum Gasteiger partial charge on any atom is 0.300 e. The molecule has 0 atom stereocenters. The molecule has 0 aliphatic heterocycles. The number of rotatable bonds is 4. The van der Waals surface area contributed by atoms with Gasteiger partial charge >= 0.3 is 0 Å². The van der Waals surface area contributed by atoms with Crippen molar-refractivity contribution in [3.63, 3.8) is 0 Å². The van der Waals surface area contributed by atoms with Crippen molar-refractivity contribution in [1.29, 1.82) is 0 Å². The number of hydrogen-bond acceptors (Lipinski definition) is 4. The highest BCUT2D eigenvalue weighted by Gasteiger charge is 1.91. The highest BCUT2D eigenvalue weighted by atomic mass is 16.5. The van der Waals surface area contributed by atoms with Crippen LogP contribution in [0.5, 0.6) is 5.75 Å². The van der Waals surface area contributed by atoms with Crippen LogP contribution in [0, 0.1) is 0 Å². The molecule has 0 aromatic heterocycles. The smallest absolute Gasteiger partial charge is 0.300 e. The molecule has 0 bridgehead atoms. The number of ether oxygens (including phenoxy) is 1. The molecule has 5 heteroatoms. The third-order valence-corrected chi connectivity index (χ3v) is 1.53. The third-order valence-electron chi connectivity index (χ3n) is 1.53. The fourth-order valence-electron chi connectivity index (χ4n) is 0.909. The van der Waals surface area contributed by atoms with Gasteiger partial charge in [0.2, 0.25) is 0 Å². The molecule has 0 spiro atoms. The molecule has 90 valence electrons. The molecular weight excluding hydrogens is 210 g/mol. The van der Waals surface area contributed by atoms with E-state index < -0.39 is 5.97 Å². The van der Waals surface area contributed by atoms with E-state index in [1.54, 1.807) is 7.11 Å². The second-order valence-corrected chi connectivity index (χ2v) is 2.90.